The monoisotopic (exact) mass is 251 g/mol. The Morgan fingerprint density at radius 3 is 2.76 bits per heavy atom. The Labute approximate surface area is 107 Å². The average molecular weight is 252 g/mol. The van der Waals surface area contributed by atoms with Gasteiger partial charge in [0.1, 0.15) is 11.3 Å². The minimum absolute atomic E-state index is 0.770. The van der Waals surface area contributed by atoms with Gasteiger partial charge in [0.05, 0.1) is 6.54 Å². The van der Waals surface area contributed by atoms with E-state index in [2.05, 4.69) is 19.2 Å². The van der Waals surface area contributed by atoms with Gasteiger partial charge in [-0.05, 0) is 50.1 Å². The highest BCUT2D eigenvalue weighted by Gasteiger charge is 2.12. The predicted octanol–water partition coefficient (Wildman–Crippen LogP) is 4.20. The van der Waals surface area contributed by atoms with Gasteiger partial charge in [-0.1, -0.05) is 18.5 Å². The number of furan rings is 1. The number of rotatable bonds is 4. The fourth-order valence-electron chi connectivity index (χ4n) is 2.04. The summed E-state index contributed by atoms with van der Waals surface area (Å²) in [5, 5.41) is 5.26. The predicted molar refractivity (Wildman–Crippen MR) is 72.7 cm³/mol. The molecule has 1 heterocycles. The molecule has 2 nitrogen and oxygen atoms in total. The Morgan fingerprint density at radius 2 is 2.06 bits per heavy atom. The molecule has 0 saturated carbocycles. The molecule has 1 aromatic carbocycles. The second-order valence-electron chi connectivity index (χ2n) is 4.43. The van der Waals surface area contributed by atoms with E-state index in [1.54, 1.807) is 0 Å². The average Bonchev–Trinajstić information content (AvgIpc) is 2.58. The summed E-state index contributed by atoms with van der Waals surface area (Å²) in [5.41, 5.74) is 3.24. The molecule has 2 rings (SSSR count). The lowest BCUT2D eigenvalue weighted by Gasteiger charge is -2.00. The Morgan fingerprint density at radius 1 is 1.29 bits per heavy atom. The third kappa shape index (κ3) is 2.48. The largest absolute Gasteiger partial charge is 0.459 e. The highest BCUT2D eigenvalue weighted by Crippen LogP contribution is 2.30. The van der Waals surface area contributed by atoms with Crippen LogP contribution < -0.4 is 5.32 Å². The summed E-state index contributed by atoms with van der Waals surface area (Å²) in [6.45, 7) is 8.06. The van der Waals surface area contributed by atoms with Crippen LogP contribution in [-0.2, 0) is 6.54 Å². The maximum absolute atomic E-state index is 6.07. The quantitative estimate of drug-likeness (QED) is 0.824. The molecule has 0 aliphatic heterocycles. The van der Waals surface area contributed by atoms with E-state index < -0.39 is 0 Å². The van der Waals surface area contributed by atoms with Crippen molar-refractivity contribution >= 4 is 22.6 Å². The summed E-state index contributed by atoms with van der Waals surface area (Å²) >= 11 is 6.07. The Balaban J connectivity index is 2.39. The van der Waals surface area contributed by atoms with E-state index in [0.717, 1.165) is 46.8 Å². The van der Waals surface area contributed by atoms with Gasteiger partial charge in [-0.15, -0.1) is 0 Å². The second-order valence-corrected chi connectivity index (χ2v) is 4.86. The van der Waals surface area contributed by atoms with Crippen LogP contribution in [0, 0.1) is 13.8 Å². The zero-order valence-corrected chi connectivity index (χ0v) is 11.3. The van der Waals surface area contributed by atoms with Crippen LogP contribution >= 0.6 is 11.6 Å². The second kappa shape index (κ2) is 5.11. The molecule has 1 aromatic heterocycles. The summed E-state index contributed by atoms with van der Waals surface area (Å²) in [6.07, 6.45) is 1.13. The van der Waals surface area contributed by atoms with E-state index in [-0.39, 0.29) is 0 Å². The van der Waals surface area contributed by atoms with Crippen LogP contribution in [0.15, 0.2) is 16.5 Å². The van der Waals surface area contributed by atoms with Gasteiger partial charge < -0.3 is 9.73 Å². The normalized spacial score (nSPS) is 11.3. The smallest absolute Gasteiger partial charge is 0.137 e. The van der Waals surface area contributed by atoms with Gasteiger partial charge in [-0.25, -0.2) is 0 Å². The maximum Gasteiger partial charge on any atom is 0.137 e. The molecule has 0 bridgehead atoms. The standard InChI is InChI=1S/C14H18ClNO/c1-4-5-16-8-13-10(3)12-7-11(15)6-9(2)14(12)17-13/h6-7,16H,4-5,8H2,1-3H3. The van der Waals surface area contributed by atoms with Crippen LogP contribution in [0.4, 0.5) is 0 Å². The van der Waals surface area contributed by atoms with Crippen LogP contribution in [0.1, 0.15) is 30.2 Å². The molecule has 1 N–H and O–H groups in total. The van der Waals surface area contributed by atoms with Crippen molar-refractivity contribution in [3.8, 4) is 0 Å². The Hall–Kier alpha value is -0.990. The number of nitrogens with one attached hydrogen (secondary N) is 1. The SMILES string of the molecule is CCCNCc1oc2c(C)cc(Cl)cc2c1C. The van der Waals surface area contributed by atoms with Crippen molar-refractivity contribution in [3.05, 3.63) is 34.0 Å². The minimum atomic E-state index is 0.770. The van der Waals surface area contributed by atoms with Gasteiger partial charge in [0.2, 0.25) is 0 Å². The summed E-state index contributed by atoms with van der Waals surface area (Å²) < 4.78 is 5.91. The van der Waals surface area contributed by atoms with Crippen LogP contribution in [-0.4, -0.2) is 6.54 Å². The third-order valence-corrected chi connectivity index (χ3v) is 3.22. The van der Waals surface area contributed by atoms with Crippen molar-refractivity contribution in [2.24, 2.45) is 0 Å². The molecule has 0 radical (unpaired) electrons. The zero-order chi connectivity index (χ0) is 12.4. The number of hydrogen-bond donors (Lipinski definition) is 1. The molecular formula is C14H18ClNO. The lowest BCUT2D eigenvalue weighted by Crippen LogP contribution is -2.13. The number of benzene rings is 1. The Kier molecular flexibility index (Phi) is 3.75. The van der Waals surface area contributed by atoms with Crippen molar-refractivity contribution in [2.75, 3.05) is 6.54 Å². The molecule has 0 saturated heterocycles. The molecule has 0 aliphatic rings. The maximum atomic E-state index is 6.07. The van der Waals surface area contributed by atoms with Crippen LogP contribution in [0.2, 0.25) is 5.02 Å². The molecule has 0 aliphatic carbocycles. The first-order valence-corrected chi connectivity index (χ1v) is 6.40. The molecule has 0 unspecified atom stereocenters. The van der Waals surface area contributed by atoms with Crippen molar-refractivity contribution in [1.29, 1.82) is 0 Å². The van der Waals surface area contributed by atoms with Gasteiger partial charge in [-0.2, -0.15) is 0 Å². The van der Waals surface area contributed by atoms with Crippen LogP contribution in [0.3, 0.4) is 0 Å². The number of halogens is 1. The van der Waals surface area contributed by atoms with Gasteiger partial charge in [0, 0.05) is 10.4 Å². The lowest BCUT2D eigenvalue weighted by molar-refractivity contribution is 0.509. The third-order valence-electron chi connectivity index (χ3n) is 3.00. The van der Waals surface area contributed by atoms with Crippen molar-refractivity contribution in [1.82, 2.24) is 5.32 Å². The molecule has 0 amide bonds. The Bertz CT molecular complexity index is 530. The summed E-state index contributed by atoms with van der Waals surface area (Å²) in [5.74, 6) is 1.01. The van der Waals surface area contributed by atoms with E-state index >= 15 is 0 Å². The summed E-state index contributed by atoms with van der Waals surface area (Å²) in [7, 11) is 0. The fraction of sp³-hybridized carbons (Fsp3) is 0.429. The first-order chi connectivity index (χ1) is 8.13. The molecule has 0 spiro atoms. The topological polar surface area (TPSA) is 25.2 Å². The van der Waals surface area contributed by atoms with Crippen molar-refractivity contribution < 1.29 is 4.42 Å². The van der Waals surface area contributed by atoms with E-state index in [0.29, 0.717) is 0 Å². The zero-order valence-electron chi connectivity index (χ0n) is 10.6. The number of fused-ring (bicyclic) bond motifs is 1. The van der Waals surface area contributed by atoms with Gasteiger partial charge in [0.15, 0.2) is 0 Å². The highest BCUT2D eigenvalue weighted by atomic mass is 35.5. The molecule has 0 fully saturated rings. The molecule has 3 heteroatoms. The number of aryl methyl sites for hydroxylation is 2. The van der Waals surface area contributed by atoms with Gasteiger partial charge >= 0.3 is 0 Å². The van der Waals surface area contributed by atoms with E-state index in [9.17, 15) is 0 Å². The van der Waals surface area contributed by atoms with Crippen molar-refractivity contribution in [3.63, 3.8) is 0 Å². The summed E-state index contributed by atoms with van der Waals surface area (Å²) in [6, 6.07) is 3.92. The fourth-order valence-corrected chi connectivity index (χ4v) is 2.31. The van der Waals surface area contributed by atoms with Gasteiger partial charge in [-0.3, -0.25) is 0 Å². The molecule has 17 heavy (non-hydrogen) atoms. The van der Waals surface area contributed by atoms with Crippen molar-refractivity contribution in [2.45, 2.75) is 33.7 Å². The van der Waals surface area contributed by atoms with Gasteiger partial charge in [0.25, 0.3) is 0 Å². The van der Waals surface area contributed by atoms with E-state index in [4.69, 9.17) is 16.0 Å². The lowest BCUT2D eigenvalue weighted by atomic mass is 10.1. The first kappa shape index (κ1) is 12.5. The van der Waals surface area contributed by atoms with E-state index in [1.165, 1.54) is 5.56 Å². The molecule has 92 valence electrons. The van der Waals surface area contributed by atoms with E-state index in [1.807, 2.05) is 19.1 Å². The molecule has 0 atom stereocenters. The minimum Gasteiger partial charge on any atom is -0.459 e. The summed E-state index contributed by atoms with van der Waals surface area (Å²) in [4.78, 5) is 0. The molecule has 2 aromatic rings. The molecular weight excluding hydrogens is 234 g/mol. The van der Waals surface area contributed by atoms with Crippen LogP contribution in [0.5, 0.6) is 0 Å². The number of hydrogen-bond acceptors (Lipinski definition) is 2. The van der Waals surface area contributed by atoms with Crippen LogP contribution in [0.25, 0.3) is 11.0 Å². The first-order valence-electron chi connectivity index (χ1n) is 6.02. The highest BCUT2D eigenvalue weighted by molar-refractivity contribution is 6.31.